The maximum Gasteiger partial charge on any atom is 0.498 e. The zero-order valence-corrected chi connectivity index (χ0v) is 20.1. The lowest BCUT2D eigenvalue weighted by molar-refractivity contribution is -0.00865. The van der Waals surface area contributed by atoms with Crippen molar-refractivity contribution in [2.45, 2.75) is 111 Å². The second kappa shape index (κ2) is 7.86. The van der Waals surface area contributed by atoms with E-state index in [9.17, 15) is 4.79 Å². The second-order valence-corrected chi connectivity index (χ2v) is 11.0. The molecule has 30 heavy (non-hydrogen) atoms. The lowest BCUT2D eigenvalue weighted by atomic mass is 9.82. The summed E-state index contributed by atoms with van der Waals surface area (Å²) in [7, 11) is -0.393. The molecule has 0 radical (unpaired) electrons. The fourth-order valence-electron chi connectivity index (χ4n) is 4.39. The van der Waals surface area contributed by atoms with Crippen LogP contribution in [0.3, 0.4) is 0 Å². The third kappa shape index (κ3) is 4.85. The molecule has 3 atom stereocenters. The van der Waals surface area contributed by atoms with E-state index in [-0.39, 0.29) is 29.4 Å². The average Bonchev–Trinajstić information content (AvgIpc) is 3.07. The fourth-order valence-corrected chi connectivity index (χ4v) is 4.39. The van der Waals surface area contributed by atoms with Gasteiger partial charge in [-0.1, -0.05) is 0 Å². The van der Waals surface area contributed by atoms with Crippen LogP contribution in [0, 0.1) is 5.92 Å². The van der Waals surface area contributed by atoms with Gasteiger partial charge in [-0.3, -0.25) is 4.68 Å². The molecule has 2 saturated heterocycles. The summed E-state index contributed by atoms with van der Waals surface area (Å²) in [5.74, 6) is 0.444. The van der Waals surface area contributed by atoms with E-state index in [1.54, 1.807) is 0 Å². The summed E-state index contributed by atoms with van der Waals surface area (Å²) in [5, 5.41) is 4.55. The van der Waals surface area contributed by atoms with E-state index in [0.717, 1.165) is 24.8 Å². The van der Waals surface area contributed by atoms with E-state index in [0.29, 0.717) is 5.92 Å². The van der Waals surface area contributed by atoms with E-state index in [1.165, 1.54) is 0 Å². The van der Waals surface area contributed by atoms with Gasteiger partial charge in [0.1, 0.15) is 5.60 Å². The first-order valence-electron chi connectivity index (χ1n) is 11.1. The number of piperidine rings is 1. The molecule has 0 N–H and O–H groups in total. The highest BCUT2D eigenvalue weighted by Crippen LogP contribution is 2.36. The van der Waals surface area contributed by atoms with Gasteiger partial charge in [0.2, 0.25) is 0 Å². The van der Waals surface area contributed by atoms with E-state index in [2.05, 4.69) is 46.6 Å². The van der Waals surface area contributed by atoms with E-state index in [1.807, 2.05) is 42.7 Å². The zero-order chi connectivity index (χ0) is 22.5. The van der Waals surface area contributed by atoms with Crippen molar-refractivity contribution in [1.82, 2.24) is 14.7 Å². The fraction of sp³-hybridized carbons (Fsp3) is 0.818. The number of hydrogen-bond donors (Lipinski definition) is 0. The summed E-state index contributed by atoms with van der Waals surface area (Å²) in [6.45, 7) is 19.0. The van der Waals surface area contributed by atoms with Crippen LogP contribution in [0.4, 0.5) is 4.79 Å². The van der Waals surface area contributed by atoms with Crippen molar-refractivity contribution < 1.29 is 18.8 Å². The van der Waals surface area contributed by atoms with Crippen molar-refractivity contribution in [2.24, 2.45) is 5.92 Å². The summed E-state index contributed by atoms with van der Waals surface area (Å²) < 4.78 is 19.9. The summed E-state index contributed by atoms with van der Waals surface area (Å²) >= 11 is 0. The maximum atomic E-state index is 12.6. The Kier molecular flexibility index (Phi) is 6.06. The topological polar surface area (TPSA) is 65.8 Å². The molecule has 0 aromatic carbocycles. The molecule has 0 saturated carbocycles. The van der Waals surface area contributed by atoms with Gasteiger partial charge in [-0.25, -0.2) is 4.79 Å². The van der Waals surface area contributed by atoms with Gasteiger partial charge in [0, 0.05) is 36.5 Å². The van der Waals surface area contributed by atoms with Crippen LogP contribution in [0.1, 0.15) is 75.2 Å². The number of hydrogen-bond acceptors (Lipinski definition) is 5. The molecular weight excluding hydrogens is 381 g/mol. The molecule has 1 aromatic heterocycles. The van der Waals surface area contributed by atoms with Crippen LogP contribution in [-0.4, -0.2) is 56.8 Å². The van der Waals surface area contributed by atoms with Gasteiger partial charge < -0.3 is 18.9 Å². The molecule has 0 aliphatic carbocycles. The Morgan fingerprint density at radius 2 is 1.70 bits per heavy atom. The SMILES string of the molecule is C[C@@H]1C[C@H](Cn2cc(B3OC(C)(C)C(C)(C)O3)cn2)C[C@H](C)N1C(=O)OC(C)(C)C. The smallest absolute Gasteiger partial charge is 0.444 e. The van der Waals surface area contributed by atoms with E-state index in [4.69, 9.17) is 14.0 Å². The van der Waals surface area contributed by atoms with Gasteiger partial charge in [0.05, 0.1) is 11.2 Å². The number of carbonyl (C=O) groups excluding carboxylic acids is 1. The monoisotopic (exact) mass is 419 g/mol. The molecule has 0 spiro atoms. The first-order valence-corrected chi connectivity index (χ1v) is 11.1. The summed E-state index contributed by atoms with van der Waals surface area (Å²) in [6.07, 6.45) is 5.50. The molecule has 1 aromatic rings. The standard InChI is InChI=1S/C22H38BN3O4/c1-15-10-17(11-16(2)26(15)19(27)28-20(3,4)5)13-25-14-18(12-24-25)23-29-21(6,7)22(8,9)30-23/h12,14-17H,10-11,13H2,1-9H3/t15-,16+,17+. The van der Waals surface area contributed by atoms with Gasteiger partial charge in [-0.2, -0.15) is 5.10 Å². The predicted octanol–water partition coefficient (Wildman–Crippen LogP) is 3.61. The Bertz CT molecular complexity index is 743. The third-order valence-electron chi connectivity index (χ3n) is 6.53. The number of rotatable bonds is 3. The number of likely N-dealkylation sites (tertiary alicyclic amines) is 1. The number of ether oxygens (including phenoxy) is 1. The normalized spacial score (nSPS) is 28.6. The Morgan fingerprint density at radius 3 is 2.20 bits per heavy atom. The molecule has 2 aliphatic heterocycles. The average molecular weight is 419 g/mol. The molecule has 3 rings (SSSR count). The van der Waals surface area contributed by atoms with E-state index >= 15 is 0 Å². The molecule has 2 aliphatic rings. The molecule has 0 unspecified atom stereocenters. The molecule has 3 heterocycles. The Balaban J connectivity index is 1.61. The Morgan fingerprint density at radius 1 is 1.17 bits per heavy atom. The van der Waals surface area contributed by atoms with Crippen LogP contribution in [0.15, 0.2) is 12.4 Å². The van der Waals surface area contributed by atoms with Gasteiger partial charge in [0.25, 0.3) is 0 Å². The van der Waals surface area contributed by atoms with Crippen molar-refractivity contribution in [3.63, 3.8) is 0 Å². The third-order valence-corrected chi connectivity index (χ3v) is 6.53. The van der Waals surface area contributed by atoms with Crippen LogP contribution in [-0.2, 0) is 20.6 Å². The molecule has 8 heteroatoms. The first-order chi connectivity index (χ1) is 13.7. The van der Waals surface area contributed by atoms with Crippen LogP contribution in [0.5, 0.6) is 0 Å². The lowest BCUT2D eigenvalue weighted by Gasteiger charge is -2.42. The molecule has 0 bridgehead atoms. The minimum absolute atomic E-state index is 0.131. The Hall–Kier alpha value is -1.54. The highest BCUT2D eigenvalue weighted by Gasteiger charge is 2.52. The van der Waals surface area contributed by atoms with Crippen LogP contribution in [0.2, 0.25) is 0 Å². The van der Waals surface area contributed by atoms with E-state index < -0.39 is 12.7 Å². The quantitative estimate of drug-likeness (QED) is 0.701. The van der Waals surface area contributed by atoms with Crippen LogP contribution in [0.25, 0.3) is 0 Å². The number of aromatic nitrogens is 2. The predicted molar refractivity (Wildman–Crippen MR) is 118 cm³/mol. The second-order valence-electron chi connectivity index (χ2n) is 11.0. The zero-order valence-electron chi connectivity index (χ0n) is 20.1. The molecular formula is C22H38BN3O4. The molecule has 168 valence electrons. The largest absolute Gasteiger partial charge is 0.498 e. The van der Waals surface area contributed by atoms with Crippen LogP contribution >= 0.6 is 0 Å². The van der Waals surface area contributed by atoms with Crippen molar-refractivity contribution >= 4 is 18.7 Å². The number of carbonyl (C=O) groups is 1. The summed E-state index contributed by atoms with van der Waals surface area (Å²) in [5.41, 5.74) is -0.258. The number of amides is 1. The lowest BCUT2D eigenvalue weighted by Crippen LogP contribution is -2.51. The van der Waals surface area contributed by atoms with Crippen LogP contribution < -0.4 is 5.46 Å². The minimum Gasteiger partial charge on any atom is -0.444 e. The van der Waals surface area contributed by atoms with Gasteiger partial charge in [0.15, 0.2) is 0 Å². The number of nitrogens with zero attached hydrogens (tertiary/aromatic N) is 3. The summed E-state index contributed by atoms with van der Waals surface area (Å²) in [4.78, 5) is 14.5. The van der Waals surface area contributed by atoms with Crippen molar-refractivity contribution in [3.8, 4) is 0 Å². The first kappa shape index (κ1) is 23.1. The molecule has 1 amide bonds. The van der Waals surface area contributed by atoms with Gasteiger partial charge >= 0.3 is 13.2 Å². The highest BCUT2D eigenvalue weighted by atomic mass is 16.7. The molecule has 7 nitrogen and oxygen atoms in total. The molecule has 2 fully saturated rings. The van der Waals surface area contributed by atoms with Gasteiger partial charge in [-0.05, 0) is 81.1 Å². The maximum absolute atomic E-state index is 12.6. The van der Waals surface area contributed by atoms with Crippen molar-refractivity contribution in [2.75, 3.05) is 0 Å². The minimum atomic E-state index is -0.480. The summed E-state index contributed by atoms with van der Waals surface area (Å²) in [6, 6.07) is 0.262. The van der Waals surface area contributed by atoms with Crippen molar-refractivity contribution in [3.05, 3.63) is 12.4 Å². The van der Waals surface area contributed by atoms with Gasteiger partial charge in [-0.15, -0.1) is 0 Å². The van der Waals surface area contributed by atoms with Crippen molar-refractivity contribution in [1.29, 1.82) is 0 Å². The highest BCUT2D eigenvalue weighted by molar-refractivity contribution is 6.61. The Labute approximate surface area is 181 Å².